The molecule has 0 saturated heterocycles. The summed E-state index contributed by atoms with van der Waals surface area (Å²) in [7, 11) is 3.11. The second-order valence-corrected chi connectivity index (χ2v) is 6.94. The molecule has 0 saturated carbocycles. The van der Waals surface area contributed by atoms with Gasteiger partial charge >= 0.3 is 0 Å². The first-order valence-electron chi connectivity index (χ1n) is 6.71. The maximum Gasteiger partial charge on any atom is 0.262 e. The van der Waals surface area contributed by atoms with Crippen molar-refractivity contribution in [2.24, 2.45) is 0 Å². The van der Waals surface area contributed by atoms with Gasteiger partial charge < -0.3 is 9.80 Å². The van der Waals surface area contributed by atoms with Gasteiger partial charge in [0.25, 0.3) is 10.0 Å². The standard InChI is InChI=1S/C14H18FN5O2S/c1-19(2)13-12(9-16-14(17-13)20(3)4)18-23(21,22)11-7-5-6-10(15)8-11/h5-9,18H,1-4H3. The molecule has 0 aliphatic carbocycles. The number of hydrogen-bond donors (Lipinski definition) is 1. The van der Waals surface area contributed by atoms with Crippen LogP contribution in [0.5, 0.6) is 0 Å². The summed E-state index contributed by atoms with van der Waals surface area (Å²) in [5.41, 5.74) is 0.213. The molecule has 9 heteroatoms. The molecule has 23 heavy (non-hydrogen) atoms. The summed E-state index contributed by atoms with van der Waals surface area (Å²) in [4.78, 5) is 11.6. The molecule has 124 valence electrons. The zero-order valence-corrected chi connectivity index (χ0v) is 14.1. The van der Waals surface area contributed by atoms with E-state index in [0.29, 0.717) is 11.8 Å². The highest BCUT2D eigenvalue weighted by Crippen LogP contribution is 2.25. The van der Waals surface area contributed by atoms with Crippen LogP contribution < -0.4 is 14.5 Å². The molecule has 1 aromatic carbocycles. The molecule has 1 heterocycles. The van der Waals surface area contributed by atoms with Crippen molar-refractivity contribution in [2.75, 3.05) is 42.7 Å². The van der Waals surface area contributed by atoms with Crippen LogP contribution in [0.3, 0.4) is 0 Å². The van der Waals surface area contributed by atoms with E-state index in [9.17, 15) is 12.8 Å². The van der Waals surface area contributed by atoms with Crippen LogP contribution in [0.4, 0.5) is 21.8 Å². The molecule has 0 bridgehead atoms. The quantitative estimate of drug-likeness (QED) is 0.890. The number of hydrogen-bond acceptors (Lipinski definition) is 6. The Hall–Kier alpha value is -2.42. The second kappa shape index (κ2) is 6.37. The molecule has 0 amide bonds. The van der Waals surface area contributed by atoms with Crippen molar-refractivity contribution in [3.8, 4) is 0 Å². The lowest BCUT2D eigenvalue weighted by Gasteiger charge is -2.19. The molecule has 0 aliphatic rings. The van der Waals surface area contributed by atoms with E-state index in [1.807, 2.05) is 0 Å². The maximum atomic E-state index is 13.3. The Balaban J connectivity index is 2.43. The van der Waals surface area contributed by atoms with Crippen molar-refractivity contribution in [3.05, 3.63) is 36.3 Å². The minimum Gasteiger partial charge on any atom is -0.361 e. The largest absolute Gasteiger partial charge is 0.361 e. The molecule has 1 N–H and O–H groups in total. The maximum absolute atomic E-state index is 13.3. The summed E-state index contributed by atoms with van der Waals surface area (Å²) in [5.74, 6) is 0.228. The fourth-order valence-corrected chi connectivity index (χ4v) is 2.91. The molecule has 0 unspecified atom stereocenters. The van der Waals surface area contributed by atoms with Gasteiger partial charge in [0, 0.05) is 28.2 Å². The van der Waals surface area contributed by atoms with Gasteiger partial charge in [-0.2, -0.15) is 4.98 Å². The number of benzene rings is 1. The fraction of sp³-hybridized carbons (Fsp3) is 0.286. The van der Waals surface area contributed by atoms with Gasteiger partial charge in [0.15, 0.2) is 5.82 Å². The highest BCUT2D eigenvalue weighted by atomic mass is 32.2. The Morgan fingerprint density at radius 3 is 2.39 bits per heavy atom. The van der Waals surface area contributed by atoms with Crippen molar-refractivity contribution in [1.29, 1.82) is 0 Å². The molecule has 0 aliphatic heterocycles. The number of nitrogens with one attached hydrogen (secondary N) is 1. The van der Waals surface area contributed by atoms with Crippen molar-refractivity contribution >= 4 is 27.5 Å². The smallest absolute Gasteiger partial charge is 0.262 e. The molecule has 0 spiro atoms. The summed E-state index contributed by atoms with van der Waals surface area (Å²) < 4.78 is 40.4. The Kier molecular flexibility index (Phi) is 4.69. The third-order valence-corrected chi connectivity index (χ3v) is 4.29. The van der Waals surface area contributed by atoms with E-state index in [2.05, 4.69) is 14.7 Å². The zero-order chi connectivity index (χ0) is 17.2. The first-order chi connectivity index (χ1) is 10.7. The number of aromatic nitrogens is 2. The monoisotopic (exact) mass is 339 g/mol. The number of rotatable bonds is 5. The summed E-state index contributed by atoms with van der Waals surface area (Å²) in [6.07, 6.45) is 1.38. The number of anilines is 3. The number of nitrogens with zero attached hydrogens (tertiary/aromatic N) is 4. The minimum atomic E-state index is -3.94. The van der Waals surface area contributed by atoms with Crippen molar-refractivity contribution in [1.82, 2.24) is 9.97 Å². The van der Waals surface area contributed by atoms with Crippen LogP contribution in [0.25, 0.3) is 0 Å². The van der Waals surface area contributed by atoms with Crippen LogP contribution in [0.2, 0.25) is 0 Å². The zero-order valence-electron chi connectivity index (χ0n) is 13.3. The predicted octanol–water partition coefficient (Wildman–Crippen LogP) is 1.55. The Labute approximate surface area is 134 Å². The second-order valence-electron chi connectivity index (χ2n) is 5.26. The van der Waals surface area contributed by atoms with Gasteiger partial charge in [-0.05, 0) is 18.2 Å². The van der Waals surface area contributed by atoms with Crippen molar-refractivity contribution in [3.63, 3.8) is 0 Å². The van der Waals surface area contributed by atoms with E-state index in [4.69, 9.17) is 0 Å². The van der Waals surface area contributed by atoms with E-state index in [0.717, 1.165) is 6.07 Å². The molecule has 2 aromatic rings. The van der Waals surface area contributed by atoms with Gasteiger partial charge in [-0.15, -0.1) is 0 Å². The first-order valence-corrected chi connectivity index (χ1v) is 8.19. The third-order valence-electron chi connectivity index (χ3n) is 2.93. The molecule has 0 atom stereocenters. The number of sulfonamides is 1. The van der Waals surface area contributed by atoms with E-state index in [-0.39, 0.29) is 10.6 Å². The topological polar surface area (TPSA) is 78.4 Å². The van der Waals surface area contributed by atoms with Crippen LogP contribution in [-0.4, -0.2) is 46.6 Å². The molecule has 0 radical (unpaired) electrons. The van der Waals surface area contributed by atoms with E-state index in [1.165, 1.54) is 24.4 Å². The van der Waals surface area contributed by atoms with Gasteiger partial charge in [0.2, 0.25) is 5.95 Å². The van der Waals surface area contributed by atoms with E-state index in [1.54, 1.807) is 38.0 Å². The third kappa shape index (κ3) is 3.86. The van der Waals surface area contributed by atoms with Crippen LogP contribution in [0.15, 0.2) is 35.4 Å². The average Bonchev–Trinajstić information content (AvgIpc) is 2.46. The minimum absolute atomic E-state index is 0.168. The summed E-state index contributed by atoms with van der Waals surface area (Å²) in [6.45, 7) is 0. The molecular formula is C14H18FN5O2S. The van der Waals surface area contributed by atoms with Gasteiger partial charge in [0.05, 0.1) is 11.1 Å². The van der Waals surface area contributed by atoms with Crippen molar-refractivity contribution < 1.29 is 12.8 Å². The fourth-order valence-electron chi connectivity index (χ4n) is 1.83. The van der Waals surface area contributed by atoms with Crippen LogP contribution >= 0.6 is 0 Å². The molecular weight excluding hydrogens is 321 g/mol. The number of halogens is 1. The van der Waals surface area contributed by atoms with Gasteiger partial charge in [-0.1, -0.05) is 6.07 Å². The summed E-state index contributed by atoms with van der Waals surface area (Å²) in [6, 6.07) is 4.78. The summed E-state index contributed by atoms with van der Waals surface area (Å²) in [5, 5.41) is 0. The van der Waals surface area contributed by atoms with E-state index < -0.39 is 15.8 Å². The lowest BCUT2D eigenvalue weighted by Crippen LogP contribution is -2.21. The molecule has 7 nitrogen and oxygen atoms in total. The average molecular weight is 339 g/mol. The summed E-state index contributed by atoms with van der Waals surface area (Å²) >= 11 is 0. The lowest BCUT2D eigenvalue weighted by atomic mass is 10.4. The van der Waals surface area contributed by atoms with Gasteiger partial charge in [0.1, 0.15) is 11.5 Å². The van der Waals surface area contributed by atoms with Gasteiger partial charge in [-0.25, -0.2) is 17.8 Å². The first kappa shape index (κ1) is 16.9. The highest BCUT2D eigenvalue weighted by Gasteiger charge is 2.19. The Morgan fingerprint density at radius 1 is 1.13 bits per heavy atom. The molecule has 1 aromatic heterocycles. The molecule has 0 fully saturated rings. The lowest BCUT2D eigenvalue weighted by molar-refractivity contribution is 0.595. The molecule has 2 rings (SSSR count). The van der Waals surface area contributed by atoms with Crippen molar-refractivity contribution in [2.45, 2.75) is 4.90 Å². The van der Waals surface area contributed by atoms with E-state index >= 15 is 0 Å². The Morgan fingerprint density at radius 2 is 1.83 bits per heavy atom. The van der Waals surface area contributed by atoms with Gasteiger partial charge in [-0.3, -0.25) is 4.72 Å². The SMILES string of the molecule is CN(C)c1ncc(NS(=O)(=O)c2cccc(F)c2)c(N(C)C)n1. The normalized spacial score (nSPS) is 11.2. The van der Waals surface area contributed by atoms with Crippen LogP contribution in [0, 0.1) is 5.82 Å². The van der Waals surface area contributed by atoms with Crippen LogP contribution in [-0.2, 0) is 10.0 Å². The Bertz CT molecular complexity index is 809. The predicted molar refractivity (Wildman–Crippen MR) is 87.9 cm³/mol. The highest BCUT2D eigenvalue weighted by molar-refractivity contribution is 7.92. The van der Waals surface area contributed by atoms with Crippen LogP contribution in [0.1, 0.15) is 0 Å².